The molecule has 106 valence electrons. The number of para-hydroxylation sites is 1. The Bertz CT molecular complexity index is 572. The van der Waals surface area contributed by atoms with Crippen LogP contribution in [-0.4, -0.2) is 11.7 Å². The fourth-order valence-corrected chi connectivity index (χ4v) is 2.01. The van der Waals surface area contributed by atoms with E-state index in [0.29, 0.717) is 18.6 Å². The van der Waals surface area contributed by atoms with Crippen molar-refractivity contribution in [2.24, 2.45) is 5.73 Å². The Morgan fingerprint density at radius 2 is 1.90 bits per heavy atom. The third-order valence-electron chi connectivity index (χ3n) is 3.08. The highest BCUT2D eigenvalue weighted by molar-refractivity contribution is 5.34. The summed E-state index contributed by atoms with van der Waals surface area (Å²) in [4.78, 5) is 0. The molecule has 0 amide bonds. The van der Waals surface area contributed by atoms with E-state index in [-0.39, 0.29) is 19.0 Å². The van der Waals surface area contributed by atoms with Crippen LogP contribution >= 0.6 is 0 Å². The summed E-state index contributed by atoms with van der Waals surface area (Å²) in [7, 11) is 0. The van der Waals surface area contributed by atoms with Crippen molar-refractivity contribution < 1.29 is 14.2 Å². The number of aliphatic hydroxyl groups is 1. The van der Waals surface area contributed by atoms with Crippen molar-refractivity contribution in [3.8, 4) is 5.75 Å². The average molecular weight is 275 g/mol. The number of rotatable bonds is 6. The van der Waals surface area contributed by atoms with E-state index in [2.05, 4.69) is 0 Å². The van der Waals surface area contributed by atoms with Crippen LogP contribution in [0.1, 0.15) is 16.7 Å². The number of hydrogen-bond donors (Lipinski definition) is 2. The van der Waals surface area contributed by atoms with Gasteiger partial charge in [-0.25, -0.2) is 4.39 Å². The fourth-order valence-electron chi connectivity index (χ4n) is 2.01. The normalized spacial score (nSPS) is 10.6. The van der Waals surface area contributed by atoms with Crippen LogP contribution in [0.15, 0.2) is 42.5 Å². The Morgan fingerprint density at radius 1 is 1.10 bits per heavy atom. The van der Waals surface area contributed by atoms with Gasteiger partial charge in [-0.3, -0.25) is 0 Å². The molecule has 2 aromatic carbocycles. The molecule has 0 aliphatic carbocycles. The Hall–Kier alpha value is -1.91. The van der Waals surface area contributed by atoms with Gasteiger partial charge in [0.05, 0.1) is 0 Å². The van der Waals surface area contributed by atoms with Crippen molar-refractivity contribution in [1.82, 2.24) is 0 Å². The van der Waals surface area contributed by atoms with Gasteiger partial charge in [-0.15, -0.1) is 0 Å². The summed E-state index contributed by atoms with van der Waals surface area (Å²) in [5.41, 5.74) is 7.78. The highest BCUT2D eigenvalue weighted by Crippen LogP contribution is 2.20. The summed E-state index contributed by atoms with van der Waals surface area (Å²) in [6.45, 7) is 0.588. The lowest BCUT2D eigenvalue weighted by Gasteiger charge is -2.11. The summed E-state index contributed by atoms with van der Waals surface area (Å²) in [5, 5.41) is 9.02. The van der Waals surface area contributed by atoms with Crippen molar-refractivity contribution in [3.05, 3.63) is 65.0 Å². The maximum absolute atomic E-state index is 13.3. The lowest BCUT2D eigenvalue weighted by atomic mass is 10.1. The first-order chi connectivity index (χ1) is 9.74. The van der Waals surface area contributed by atoms with E-state index >= 15 is 0 Å². The van der Waals surface area contributed by atoms with E-state index < -0.39 is 0 Å². The zero-order valence-corrected chi connectivity index (χ0v) is 11.2. The van der Waals surface area contributed by atoms with Gasteiger partial charge in [0.1, 0.15) is 18.2 Å². The lowest BCUT2D eigenvalue weighted by molar-refractivity contribution is 0.284. The van der Waals surface area contributed by atoms with Crippen LogP contribution < -0.4 is 10.5 Å². The molecule has 0 atom stereocenters. The van der Waals surface area contributed by atoms with Crippen molar-refractivity contribution in [3.63, 3.8) is 0 Å². The van der Waals surface area contributed by atoms with E-state index in [9.17, 15) is 4.39 Å². The van der Waals surface area contributed by atoms with Gasteiger partial charge < -0.3 is 15.6 Å². The van der Waals surface area contributed by atoms with E-state index in [0.717, 1.165) is 16.9 Å². The van der Waals surface area contributed by atoms with Gasteiger partial charge in [0.25, 0.3) is 0 Å². The van der Waals surface area contributed by atoms with Crippen molar-refractivity contribution in [2.45, 2.75) is 19.6 Å². The number of hydrogen-bond acceptors (Lipinski definition) is 3. The molecule has 0 radical (unpaired) electrons. The van der Waals surface area contributed by atoms with Crippen LogP contribution in [0.3, 0.4) is 0 Å². The van der Waals surface area contributed by atoms with E-state index in [1.807, 2.05) is 24.3 Å². The van der Waals surface area contributed by atoms with Gasteiger partial charge in [-0.1, -0.05) is 24.3 Å². The highest BCUT2D eigenvalue weighted by Gasteiger charge is 2.05. The molecule has 0 fully saturated rings. The predicted molar refractivity (Wildman–Crippen MR) is 75.9 cm³/mol. The molecule has 3 N–H and O–H groups in total. The number of benzene rings is 2. The predicted octanol–water partition coefficient (Wildman–Crippen LogP) is 2.40. The van der Waals surface area contributed by atoms with Crippen LogP contribution in [0, 0.1) is 5.82 Å². The fraction of sp³-hybridized carbons (Fsp3) is 0.250. The standard InChI is InChI=1S/C16H18FNO2/c17-15-6-5-12(9-14(15)10-18)11-20-16-4-2-1-3-13(16)7-8-19/h1-6,9,19H,7-8,10-11,18H2. The molecule has 0 spiro atoms. The van der Waals surface area contributed by atoms with Crippen molar-refractivity contribution in [2.75, 3.05) is 6.61 Å². The zero-order chi connectivity index (χ0) is 14.4. The Labute approximate surface area is 117 Å². The number of nitrogens with two attached hydrogens (primary N) is 1. The summed E-state index contributed by atoms with van der Waals surface area (Å²) >= 11 is 0. The van der Waals surface area contributed by atoms with Gasteiger partial charge >= 0.3 is 0 Å². The van der Waals surface area contributed by atoms with E-state index in [1.165, 1.54) is 6.07 Å². The van der Waals surface area contributed by atoms with Crippen LogP contribution in [0.25, 0.3) is 0 Å². The lowest BCUT2D eigenvalue weighted by Crippen LogP contribution is -2.04. The van der Waals surface area contributed by atoms with Crippen LogP contribution in [0.5, 0.6) is 5.75 Å². The maximum Gasteiger partial charge on any atom is 0.127 e. The highest BCUT2D eigenvalue weighted by atomic mass is 19.1. The Kier molecular flexibility index (Phi) is 5.09. The minimum atomic E-state index is -0.295. The molecule has 2 aromatic rings. The second kappa shape index (κ2) is 7.03. The van der Waals surface area contributed by atoms with Crippen LogP contribution in [0.4, 0.5) is 4.39 Å². The third kappa shape index (κ3) is 3.56. The second-order valence-electron chi connectivity index (χ2n) is 4.50. The zero-order valence-electron chi connectivity index (χ0n) is 11.2. The largest absolute Gasteiger partial charge is 0.489 e. The molecule has 0 aliphatic rings. The van der Waals surface area contributed by atoms with Gasteiger partial charge in [0, 0.05) is 18.7 Å². The third-order valence-corrected chi connectivity index (χ3v) is 3.08. The van der Waals surface area contributed by atoms with Gasteiger partial charge in [0.2, 0.25) is 0 Å². The molecule has 0 saturated carbocycles. The number of halogens is 1. The number of aliphatic hydroxyl groups excluding tert-OH is 1. The van der Waals surface area contributed by atoms with Crippen molar-refractivity contribution in [1.29, 1.82) is 0 Å². The summed E-state index contributed by atoms with van der Waals surface area (Å²) < 4.78 is 19.1. The molecule has 0 heterocycles. The molecule has 0 aliphatic heterocycles. The topological polar surface area (TPSA) is 55.5 Å². The number of ether oxygens (including phenoxy) is 1. The molecule has 0 aromatic heterocycles. The van der Waals surface area contributed by atoms with Gasteiger partial charge in [0.15, 0.2) is 0 Å². The SMILES string of the molecule is NCc1cc(COc2ccccc2CCO)ccc1F. The minimum absolute atomic E-state index is 0.0776. The first-order valence-corrected chi connectivity index (χ1v) is 6.53. The molecule has 3 nitrogen and oxygen atoms in total. The molecule has 20 heavy (non-hydrogen) atoms. The Morgan fingerprint density at radius 3 is 2.65 bits per heavy atom. The van der Waals surface area contributed by atoms with Gasteiger partial charge in [-0.05, 0) is 35.7 Å². The average Bonchev–Trinajstić information content (AvgIpc) is 2.48. The van der Waals surface area contributed by atoms with E-state index in [4.69, 9.17) is 15.6 Å². The minimum Gasteiger partial charge on any atom is -0.489 e. The van der Waals surface area contributed by atoms with E-state index in [1.54, 1.807) is 12.1 Å². The molecule has 2 rings (SSSR count). The molecular weight excluding hydrogens is 257 g/mol. The summed E-state index contributed by atoms with van der Waals surface area (Å²) in [5.74, 6) is 0.442. The molecular formula is C16H18FNO2. The second-order valence-corrected chi connectivity index (χ2v) is 4.50. The molecule has 0 unspecified atom stereocenters. The summed E-state index contributed by atoms with van der Waals surface area (Å²) in [6.07, 6.45) is 0.549. The van der Waals surface area contributed by atoms with Gasteiger partial charge in [-0.2, -0.15) is 0 Å². The Balaban J connectivity index is 2.09. The molecule has 4 heteroatoms. The monoisotopic (exact) mass is 275 g/mol. The first-order valence-electron chi connectivity index (χ1n) is 6.53. The smallest absolute Gasteiger partial charge is 0.127 e. The van der Waals surface area contributed by atoms with Crippen LogP contribution in [-0.2, 0) is 19.6 Å². The summed E-state index contributed by atoms with van der Waals surface area (Å²) in [6, 6.07) is 12.4. The quantitative estimate of drug-likeness (QED) is 0.851. The van der Waals surface area contributed by atoms with Crippen molar-refractivity contribution >= 4 is 0 Å². The maximum atomic E-state index is 13.3. The molecule has 0 bridgehead atoms. The van der Waals surface area contributed by atoms with Crippen LogP contribution in [0.2, 0.25) is 0 Å². The molecule has 0 saturated heterocycles. The first kappa shape index (κ1) is 14.5.